The summed E-state index contributed by atoms with van der Waals surface area (Å²) in [6, 6.07) is 0. The van der Waals surface area contributed by atoms with Crippen LogP contribution < -0.4 is 0 Å². The van der Waals surface area contributed by atoms with Gasteiger partial charge in [0.25, 0.3) is 0 Å². The first kappa shape index (κ1) is 9.05. The van der Waals surface area contributed by atoms with Crippen LogP contribution in [0.25, 0.3) is 0 Å². The molecule has 1 aliphatic heterocycles. The molecule has 1 fully saturated rings. The van der Waals surface area contributed by atoms with Crippen LogP contribution in [-0.4, -0.2) is 12.7 Å². The summed E-state index contributed by atoms with van der Waals surface area (Å²) < 4.78 is 5.63. The minimum absolute atomic E-state index is 0.469. The molecule has 1 heteroatoms. The summed E-state index contributed by atoms with van der Waals surface area (Å²) in [6.07, 6.45) is 1.77. The third-order valence-electron chi connectivity index (χ3n) is 3.24. The van der Waals surface area contributed by atoms with Gasteiger partial charge in [-0.25, -0.2) is 0 Å². The fourth-order valence-electron chi connectivity index (χ4n) is 2.22. The molecule has 0 amide bonds. The summed E-state index contributed by atoms with van der Waals surface area (Å²) in [5.74, 6) is 2.37. The second-order valence-corrected chi connectivity index (χ2v) is 3.95. The van der Waals surface area contributed by atoms with Crippen LogP contribution in [0.2, 0.25) is 0 Å². The van der Waals surface area contributed by atoms with Gasteiger partial charge in [0, 0.05) is 6.61 Å². The van der Waals surface area contributed by atoms with E-state index in [-0.39, 0.29) is 0 Å². The van der Waals surface area contributed by atoms with Crippen molar-refractivity contribution >= 4 is 0 Å². The molecule has 0 aromatic carbocycles. The number of hydrogen-bond donors (Lipinski definition) is 0. The molecule has 4 unspecified atom stereocenters. The fourth-order valence-corrected chi connectivity index (χ4v) is 2.22. The molecule has 0 aromatic heterocycles. The van der Waals surface area contributed by atoms with Crippen molar-refractivity contribution in [3.8, 4) is 0 Å². The Kier molecular flexibility index (Phi) is 2.94. The Bertz CT molecular complexity index is 122. The average Bonchev–Trinajstić information content (AvgIpc) is 1.99. The molecule has 0 N–H and O–H groups in total. The van der Waals surface area contributed by atoms with Crippen LogP contribution in [0.15, 0.2) is 0 Å². The molecule has 0 radical (unpaired) electrons. The van der Waals surface area contributed by atoms with Crippen molar-refractivity contribution in [3.63, 3.8) is 0 Å². The normalized spacial score (nSPS) is 45.8. The lowest BCUT2D eigenvalue weighted by Gasteiger charge is -2.38. The van der Waals surface area contributed by atoms with Crippen LogP contribution in [0.5, 0.6) is 0 Å². The fraction of sp³-hybridized carbons (Fsp3) is 1.00. The predicted molar refractivity (Wildman–Crippen MR) is 47.5 cm³/mol. The highest BCUT2D eigenvalue weighted by molar-refractivity contribution is 4.79. The molecule has 0 bridgehead atoms. The van der Waals surface area contributed by atoms with Crippen LogP contribution in [0.4, 0.5) is 0 Å². The van der Waals surface area contributed by atoms with E-state index in [1.807, 2.05) is 0 Å². The van der Waals surface area contributed by atoms with Crippen LogP contribution in [0, 0.1) is 17.8 Å². The molecule has 1 nitrogen and oxygen atoms in total. The lowest BCUT2D eigenvalue weighted by molar-refractivity contribution is -0.0723. The maximum atomic E-state index is 5.63. The van der Waals surface area contributed by atoms with E-state index in [0.29, 0.717) is 6.10 Å². The van der Waals surface area contributed by atoms with Crippen LogP contribution in [0.1, 0.15) is 34.1 Å². The van der Waals surface area contributed by atoms with E-state index in [9.17, 15) is 0 Å². The van der Waals surface area contributed by atoms with Gasteiger partial charge in [-0.2, -0.15) is 0 Å². The van der Waals surface area contributed by atoms with Crippen molar-refractivity contribution in [3.05, 3.63) is 0 Å². The summed E-state index contributed by atoms with van der Waals surface area (Å²) in [5, 5.41) is 0. The van der Waals surface area contributed by atoms with Gasteiger partial charge in [-0.05, 0) is 24.7 Å². The van der Waals surface area contributed by atoms with Gasteiger partial charge in [0.05, 0.1) is 6.10 Å². The van der Waals surface area contributed by atoms with E-state index < -0.39 is 0 Å². The first-order chi connectivity index (χ1) is 5.16. The SMILES string of the molecule is CCC1C(C)COC(C)C1C. The first-order valence-electron chi connectivity index (χ1n) is 4.78. The lowest BCUT2D eigenvalue weighted by atomic mass is 9.77. The molecule has 0 aromatic rings. The van der Waals surface area contributed by atoms with E-state index in [0.717, 1.165) is 24.4 Å². The van der Waals surface area contributed by atoms with Crippen LogP contribution in [0.3, 0.4) is 0 Å². The summed E-state index contributed by atoms with van der Waals surface area (Å²) in [5.41, 5.74) is 0. The largest absolute Gasteiger partial charge is 0.378 e. The monoisotopic (exact) mass is 156 g/mol. The van der Waals surface area contributed by atoms with E-state index in [1.165, 1.54) is 6.42 Å². The standard InChI is InChI=1S/C10H20O/c1-5-10-7(2)6-11-9(4)8(10)3/h7-10H,5-6H2,1-4H3. The summed E-state index contributed by atoms with van der Waals surface area (Å²) in [7, 11) is 0. The second kappa shape index (κ2) is 3.57. The minimum Gasteiger partial charge on any atom is -0.378 e. The Morgan fingerprint density at radius 3 is 2.36 bits per heavy atom. The zero-order valence-electron chi connectivity index (χ0n) is 8.13. The highest BCUT2D eigenvalue weighted by atomic mass is 16.5. The maximum absolute atomic E-state index is 5.63. The molecule has 0 saturated carbocycles. The van der Waals surface area contributed by atoms with E-state index in [2.05, 4.69) is 27.7 Å². The minimum atomic E-state index is 0.469. The molecule has 1 aliphatic rings. The van der Waals surface area contributed by atoms with Crippen molar-refractivity contribution in [2.75, 3.05) is 6.61 Å². The van der Waals surface area contributed by atoms with Crippen LogP contribution in [-0.2, 0) is 4.74 Å². The number of ether oxygens (including phenoxy) is 1. The quantitative estimate of drug-likeness (QED) is 0.567. The Balaban J connectivity index is 2.55. The van der Waals surface area contributed by atoms with Gasteiger partial charge in [0.1, 0.15) is 0 Å². The third kappa shape index (κ3) is 1.76. The molecular formula is C10H20O. The van der Waals surface area contributed by atoms with Crippen molar-refractivity contribution < 1.29 is 4.74 Å². The second-order valence-electron chi connectivity index (χ2n) is 3.95. The van der Waals surface area contributed by atoms with Gasteiger partial charge in [-0.15, -0.1) is 0 Å². The maximum Gasteiger partial charge on any atom is 0.0575 e. The molecule has 1 rings (SSSR count). The smallest absolute Gasteiger partial charge is 0.0575 e. The predicted octanol–water partition coefficient (Wildman–Crippen LogP) is 2.70. The lowest BCUT2D eigenvalue weighted by Crippen LogP contribution is -2.37. The Morgan fingerprint density at radius 1 is 1.27 bits per heavy atom. The van der Waals surface area contributed by atoms with Crippen molar-refractivity contribution in [1.82, 2.24) is 0 Å². The van der Waals surface area contributed by atoms with Gasteiger partial charge in [0.2, 0.25) is 0 Å². The third-order valence-corrected chi connectivity index (χ3v) is 3.24. The molecular weight excluding hydrogens is 136 g/mol. The van der Waals surface area contributed by atoms with Gasteiger partial charge in [0.15, 0.2) is 0 Å². The Hall–Kier alpha value is -0.0400. The zero-order valence-corrected chi connectivity index (χ0v) is 8.13. The molecule has 1 saturated heterocycles. The molecule has 66 valence electrons. The number of hydrogen-bond acceptors (Lipinski definition) is 1. The first-order valence-corrected chi connectivity index (χ1v) is 4.78. The van der Waals surface area contributed by atoms with Crippen LogP contribution >= 0.6 is 0 Å². The average molecular weight is 156 g/mol. The van der Waals surface area contributed by atoms with Gasteiger partial charge in [-0.3, -0.25) is 0 Å². The van der Waals surface area contributed by atoms with E-state index >= 15 is 0 Å². The van der Waals surface area contributed by atoms with E-state index in [1.54, 1.807) is 0 Å². The molecule has 0 spiro atoms. The zero-order chi connectivity index (χ0) is 8.43. The molecule has 4 atom stereocenters. The molecule has 11 heavy (non-hydrogen) atoms. The van der Waals surface area contributed by atoms with Gasteiger partial charge >= 0.3 is 0 Å². The number of rotatable bonds is 1. The van der Waals surface area contributed by atoms with E-state index in [4.69, 9.17) is 4.74 Å². The molecule has 1 heterocycles. The summed E-state index contributed by atoms with van der Waals surface area (Å²) in [6.45, 7) is 10.1. The Labute approximate surface area is 70.1 Å². The molecule has 0 aliphatic carbocycles. The van der Waals surface area contributed by atoms with Crippen molar-refractivity contribution in [2.24, 2.45) is 17.8 Å². The highest BCUT2D eigenvalue weighted by Gasteiger charge is 2.31. The van der Waals surface area contributed by atoms with Gasteiger partial charge < -0.3 is 4.74 Å². The summed E-state index contributed by atoms with van der Waals surface area (Å²) in [4.78, 5) is 0. The Morgan fingerprint density at radius 2 is 1.91 bits per heavy atom. The van der Waals surface area contributed by atoms with Crippen molar-refractivity contribution in [2.45, 2.75) is 40.2 Å². The van der Waals surface area contributed by atoms with Crippen molar-refractivity contribution in [1.29, 1.82) is 0 Å². The highest BCUT2D eigenvalue weighted by Crippen LogP contribution is 2.32. The topological polar surface area (TPSA) is 9.23 Å². The summed E-state index contributed by atoms with van der Waals surface area (Å²) >= 11 is 0. The van der Waals surface area contributed by atoms with Gasteiger partial charge in [-0.1, -0.05) is 27.2 Å².